The van der Waals surface area contributed by atoms with Gasteiger partial charge in [-0.3, -0.25) is 4.79 Å². The molecule has 1 aromatic carbocycles. The lowest BCUT2D eigenvalue weighted by molar-refractivity contribution is -0.137. The lowest BCUT2D eigenvalue weighted by Crippen LogP contribution is -2.29. The number of thiophene rings is 1. The number of carboxylic acids is 1. The molecule has 7 nitrogen and oxygen atoms in total. The van der Waals surface area contributed by atoms with E-state index in [9.17, 15) is 18.0 Å². The predicted octanol–water partition coefficient (Wildman–Crippen LogP) is 2.17. The van der Waals surface area contributed by atoms with Crippen LogP contribution >= 0.6 is 11.3 Å². The van der Waals surface area contributed by atoms with Crippen LogP contribution in [0.3, 0.4) is 0 Å². The molecule has 1 N–H and O–H groups in total. The minimum absolute atomic E-state index is 0.0519. The largest absolute Gasteiger partial charge is 0.481 e. The van der Waals surface area contributed by atoms with Crippen molar-refractivity contribution < 1.29 is 27.9 Å². The summed E-state index contributed by atoms with van der Waals surface area (Å²) in [5.74, 6) is -1.51. The number of esters is 1. The number of aliphatic carboxylic acids is 1. The van der Waals surface area contributed by atoms with Gasteiger partial charge in [-0.25, -0.2) is 17.5 Å². The summed E-state index contributed by atoms with van der Waals surface area (Å²) in [4.78, 5) is 22.8. The highest BCUT2D eigenvalue weighted by atomic mass is 32.2. The SMILES string of the molecule is CCOC(=O)c1cc2cc(S(=O)(=O)N(C)CCC(=O)O)ccc2s1. The van der Waals surface area contributed by atoms with Gasteiger partial charge in [0.05, 0.1) is 17.9 Å². The first-order chi connectivity index (χ1) is 11.3. The molecular weight excluding hydrogens is 354 g/mol. The smallest absolute Gasteiger partial charge is 0.348 e. The average Bonchev–Trinajstić information content (AvgIpc) is 2.95. The van der Waals surface area contributed by atoms with E-state index in [1.54, 1.807) is 19.1 Å². The van der Waals surface area contributed by atoms with E-state index in [0.717, 1.165) is 9.01 Å². The number of ether oxygens (including phenoxy) is 1. The highest BCUT2D eigenvalue weighted by Gasteiger charge is 2.22. The fourth-order valence-corrected chi connectivity index (χ4v) is 4.18. The summed E-state index contributed by atoms with van der Waals surface area (Å²) in [5, 5.41) is 9.30. The normalized spacial score (nSPS) is 11.8. The number of carbonyl (C=O) groups is 2. The summed E-state index contributed by atoms with van der Waals surface area (Å²) >= 11 is 1.23. The summed E-state index contributed by atoms with van der Waals surface area (Å²) in [5.41, 5.74) is 0. The second-order valence-corrected chi connectivity index (χ2v) is 8.13. The van der Waals surface area contributed by atoms with Gasteiger partial charge in [0.15, 0.2) is 0 Å². The molecule has 0 saturated carbocycles. The van der Waals surface area contributed by atoms with Gasteiger partial charge in [0.2, 0.25) is 10.0 Å². The number of hydrogen-bond acceptors (Lipinski definition) is 6. The standard InChI is InChI=1S/C15H17NO6S2/c1-3-22-15(19)13-9-10-8-11(4-5-12(10)23-13)24(20,21)16(2)7-6-14(17)18/h4-5,8-9H,3,6-7H2,1-2H3,(H,17,18). The lowest BCUT2D eigenvalue weighted by Gasteiger charge is -2.16. The van der Waals surface area contributed by atoms with Crippen LogP contribution < -0.4 is 0 Å². The Morgan fingerprint density at radius 1 is 1.29 bits per heavy atom. The van der Waals surface area contributed by atoms with Crippen molar-refractivity contribution in [1.82, 2.24) is 4.31 Å². The summed E-state index contributed by atoms with van der Waals surface area (Å²) in [7, 11) is -2.46. The number of fused-ring (bicyclic) bond motifs is 1. The van der Waals surface area contributed by atoms with Crippen molar-refractivity contribution in [2.45, 2.75) is 18.2 Å². The van der Waals surface area contributed by atoms with Crippen molar-refractivity contribution >= 4 is 43.4 Å². The molecule has 0 fully saturated rings. The van der Waals surface area contributed by atoms with Crippen LogP contribution in [0.5, 0.6) is 0 Å². The van der Waals surface area contributed by atoms with Crippen LogP contribution in [-0.2, 0) is 19.6 Å². The lowest BCUT2D eigenvalue weighted by atomic mass is 10.2. The van der Waals surface area contributed by atoms with Gasteiger partial charge in [0, 0.05) is 18.3 Å². The molecule has 0 bridgehead atoms. The molecular formula is C15H17NO6S2. The van der Waals surface area contributed by atoms with Gasteiger partial charge in [-0.05, 0) is 36.6 Å². The third kappa shape index (κ3) is 3.92. The van der Waals surface area contributed by atoms with Crippen LogP contribution in [0.25, 0.3) is 10.1 Å². The number of nitrogens with zero attached hydrogens (tertiary/aromatic N) is 1. The Balaban J connectivity index is 2.32. The molecule has 1 heterocycles. The number of carboxylic acid groups (broad SMARTS) is 1. The maximum absolute atomic E-state index is 12.5. The predicted molar refractivity (Wildman–Crippen MR) is 89.9 cm³/mol. The monoisotopic (exact) mass is 371 g/mol. The molecule has 24 heavy (non-hydrogen) atoms. The number of sulfonamides is 1. The van der Waals surface area contributed by atoms with E-state index in [0.29, 0.717) is 10.3 Å². The number of rotatable bonds is 7. The van der Waals surface area contributed by atoms with Gasteiger partial charge in [-0.1, -0.05) is 0 Å². The quantitative estimate of drug-likeness (QED) is 0.749. The highest BCUT2D eigenvalue weighted by Crippen LogP contribution is 2.29. The van der Waals surface area contributed by atoms with Crippen LogP contribution in [-0.4, -0.2) is 50.0 Å². The number of hydrogen-bond donors (Lipinski definition) is 1. The zero-order chi connectivity index (χ0) is 17.9. The molecule has 0 aliphatic heterocycles. The van der Waals surface area contributed by atoms with Gasteiger partial charge in [-0.2, -0.15) is 0 Å². The van der Waals surface area contributed by atoms with Gasteiger partial charge in [0.1, 0.15) is 4.88 Å². The molecule has 9 heteroatoms. The molecule has 0 amide bonds. The molecule has 2 rings (SSSR count). The maximum Gasteiger partial charge on any atom is 0.348 e. The molecule has 0 spiro atoms. The molecule has 0 unspecified atom stereocenters. The maximum atomic E-state index is 12.5. The van der Waals surface area contributed by atoms with E-state index in [1.807, 2.05) is 0 Å². The molecule has 0 radical (unpaired) electrons. The molecule has 1 aromatic heterocycles. The Hall–Kier alpha value is -1.97. The Morgan fingerprint density at radius 2 is 2.00 bits per heavy atom. The minimum atomic E-state index is -3.79. The molecule has 0 saturated heterocycles. The van der Waals surface area contributed by atoms with Crippen LogP contribution in [0.15, 0.2) is 29.2 Å². The molecule has 0 aliphatic rings. The van der Waals surface area contributed by atoms with Crippen LogP contribution in [0.2, 0.25) is 0 Å². The molecule has 130 valence electrons. The highest BCUT2D eigenvalue weighted by molar-refractivity contribution is 7.89. The van der Waals surface area contributed by atoms with Gasteiger partial charge in [0.25, 0.3) is 0 Å². The van der Waals surface area contributed by atoms with Gasteiger partial charge in [-0.15, -0.1) is 11.3 Å². The second kappa shape index (κ2) is 7.29. The second-order valence-electron chi connectivity index (χ2n) is 5.00. The number of benzene rings is 1. The Bertz CT molecular complexity index is 871. The first kappa shape index (κ1) is 18.4. The minimum Gasteiger partial charge on any atom is -0.481 e. The van der Waals surface area contributed by atoms with E-state index in [4.69, 9.17) is 9.84 Å². The van der Waals surface area contributed by atoms with Gasteiger partial charge >= 0.3 is 11.9 Å². The Morgan fingerprint density at radius 3 is 2.62 bits per heavy atom. The van der Waals surface area contributed by atoms with Crippen molar-refractivity contribution in [3.63, 3.8) is 0 Å². The first-order valence-electron chi connectivity index (χ1n) is 7.14. The van der Waals surface area contributed by atoms with E-state index in [-0.39, 0.29) is 24.5 Å². The van der Waals surface area contributed by atoms with E-state index >= 15 is 0 Å². The summed E-state index contributed by atoms with van der Waals surface area (Å²) in [6.07, 6.45) is -0.274. The van der Waals surface area contributed by atoms with Crippen molar-refractivity contribution in [3.8, 4) is 0 Å². The summed E-state index contributed by atoms with van der Waals surface area (Å²) in [6, 6.07) is 6.14. The Labute approximate surface area is 143 Å². The summed E-state index contributed by atoms with van der Waals surface area (Å²) in [6.45, 7) is 1.86. The van der Waals surface area contributed by atoms with Crippen molar-refractivity contribution in [2.75, 3.05) is 20.2 Å². The molecule has 0 atom stereocenters. The van der Waals surface area contributed by atoms with Crippen LogP contribution in [0.4, 0.5) is 0 Å². The third-order valence-corrected chi connectivity index (χ3v) is 6.26. The molecule has 0 aliphatic carbocycles. The fraction of sp³-hybridized carbons (Fsp3) is 0.333. The van der Waals surface area contributed by atoms with Crippen LogP contribution in [0, 0.1) is 0 Å². The Kier molecular flexibility index (Phi) is 5.58. The van der Waals surface area contributed by atoms with Crippen LogP contribution in [0.1, 0.15) is 23.0 Å². The van der Waals surface area contributed by atoms with E-state index in [2.05, 4.69) is 0 Å². The van der Waals surface area contributed by atoms with E-state index in [1.165, 1.54) is 30.5 Å². The zero-order valence-electron chi connectivity index (χ0n) is 13.2. The third-order valence-electron chi connectivity index (χ3n) is 3.31. The first-order valence-corrected chi connectivity index (χ1v) is 9.40. The van der Waals surface area contributed by atoms with Gasteiger partial charge < -0.3 is 9.84 Å². The van der Waals surface area contributed by atoms with E-state index < -0.39 is 22.0 Å². The summed E-state index contributed by atoms with van der Waals surface area (Å²) < 4.78 is 31.7. The fourth-order valence-electron chi connectivity index (χ4n) is 2.04. The molecule has 2 aromatic rings. The van der Waals surface area contributed by atoms with Crippen molar-refractivity contribution in [2.24, 2.45) is 0 Å². The topological polar surface area (TPSA) is 101 Å². The van der Waals surface area contributed by atoms with Crippen molar-refractivity contribution in [1.29, 1.82) is 0 Å². The van der Waals surface area contributed by atoms with Crippen molar-refractivity contribution in [3.05, 3.63) is 29.1 Å². The number of carbonyl (C=O) groups excluding carboxylic acids is 1. The average molecular weight is 371 g/mol. The zero-order valence-corrected chi connectivity index (χ0v) is 14.8.